The molecule has 4 rings (SSSR count). The van der Waals surface area contributed by atoms with E-state index in [1.807, 2.05) is 0 Å². The van der Waals surface area contributed by atoms with Crippen LogP contribution in [0.3, 0.4) is 0 Å². The quantitative estimate of drug-likeness (QED) is 0.731. The normalized spacial score (nSPS) is 22.0. The van der Waals surface area contributed by atoms with E-state index in [1.165, 1.54) is 16.3 Å². The minimum absolute atomic E-state index is 0.177. The van der Waals surface area contributed by atoms with Crippen LogP contribution in [0.5, 0.6) is 0 Å². The van der Waals surface area contributed by atoms with Gasteiger partial charge in [-0.15, -0.1) is 6.58 Å². The standard InChI is InChI=1S/C22H25N3O5S/c1-5-9-24-12-15-11-18(21(26)23-4)25(22(27)16-10-13(2)30-14(16)3)17-7-6-8-19(20(15)17)31(24,28)29/h5-8,10,15,18H,1,9,11-12H2,2-4H3,(H,23,26)/t15-,18-/m0/s1. The maximum absolute atomic E-state index is 13.6. The number of amides is 2. The van der Waals surface area contributed by atoms with Gasteiger partial charge in [0.25, 0.3) is 5.91 Å². The summed E-state index contributed by atoms with van der Waals surface area (Å²) >= 11 is 0. The van der Waals surface area contributed by atoms with Crippen LogP contribution in [0.2, 0.25) is 0 Å². The van der Waals surface area contributed by atoms with Crippen LogP contribution in [0.25, 0.3) is 0 Å². The first kappa shape index (κ1) is 21.3. The van der Waals surface area contributed by atoms with Crippen molar-refractivity contribution in [1.82, 2.24) is 9.62 Å². The fourth-order valence-corrected chi connectivity index (χ4v) is 6.37. The summed E-state index contributed by atoms with van der Waals surface area (Å²) in [5.41, 5.74) is 1.40. The first-order chi connectivity index (χ1) is 14.7. The Bertz CT molecular complexity index is 1180. The fourth-order valence-electron chi connectivity index (χ4n) is 4.62. The summed E-state index contributed by atoms with van der Waals surface area (Å²) in [6, 6.07) is 5.75. The van der Waals surface area contributed by atoms with Crippen molar-refractivity contribution >= 4 is 27.5 Å². The van der Waals surface area contributed by atoms with Crippen molar-refractivity contribution in [3.05, 3.63) is 59.6 Å². The Hall–Kier alpha value is -2.91. The van der Waals surface area contributed by atoms with Crippen LogP contribution in [-0.4, -0.2) is 50.7 Å². The van der Waals surface area contributed by atoms with E-state index in [-0.39, 0.29) is 35.7 Å². The van der Waals surface area contributed by atoms with Gasteiger partial charge in [-0.1, -0.05) is 12.1 Å². The summed E-state index contributed by atoms with van der Waals surface area (Å²) in [4.78, 5) is 28.0. The van der Waals surface area contributed by atoms with E-state index in [4.69, 9.17) is 4.42 Å². The van der Waals surface area contributed by atoms with E-state index < -0.39 is 16.1 Å². The largest absolute Gasteiger partial charge is 0.466 e. The third-order valence-electron chi connectivity index (χ3n) is 5.94. The molecule has 0 unspecified atom stereocenters. The molecule has 0 saturated heterocycles. The van der Waals surface area contributed by atoms with Crippen molar-refractivity contribution in [3.63, 3.8) is 0 Å². The number of carbonyl (C=O) groups excluding carboxylic acids is 2. The Balaban J connectivity index is 1.92. The lowest BCUT2D eigenvalue weighted by molar-refractivity contribution is -0.122. The molecule has 3 heterocycles. The molecule has 1 N–H and O–H groups in total. The molecule has 2 amide bonds. The lowest BCUT2D eigenvalue weighted by atomic mass is 9.84. The number of benzene rings is 1. The molecular formula is C22H25N3O5S. The average molecular weight is 444 g/mol. The van der Waals surface area contributed by atoms with Crippen LogP contribution in [0, 0.1) is 13.8 Å². The fraction of sp³-hybridized carbons (Fsp3) is 0.364. The highest BCUT2D eigenvalue weighted by molar-refractivity contribution is 7.89. The van der Waals surface area contributed by atoms with E-state index in [9.17, 15) is 18.0 Å². The Labute approximate surface area is 181 Å². The first-order valence-corrected chi connectivity index (χ1v) is 11.5. The molecule has 0 aliphatic carbocycles. The van der Waals surface area contributed by atoms with Gasteiger partial charge in [-0.2, -0.15) is 4.31 Å². The second-order valence-corrected chi connectivity index (χ2v) is 9.77. The van der Waals surface area contributed by atoms with Crippen molar-refractivity contribution in [2.24, 2.45) is 0 Å². The van der Waals surface area contributed by atoms with Gasteiger partial charge in [0.2, 0.25) is 15.9 Å². The zero-order valence-electron chi connectivity index (χ0n) is 17.7. The number of sulfonamides is 1. The zero-order chi connectivity index (χ0) is 22.5. The Morgan fingerprint density at radius 3 is 2.68 bits per heavy atom. The Kier molecular flexibility index (Phi) is 5.26. The molecule has 164 valence electrons. The molecule has 2 aliphatic rings. The van der Waals surface area contributed by atoms with Crippen LogP contribution < -0.4 is 10.2 Å². The van der Waals surface area contributed by atoms with E-state index in [1.54, 1.807) is 44.2 Å². The van der Waals surface area contributed by atoms with Crippen molar-refractivity contribution in [3.8, 4) is 0 Å². The highest BCUT2D eigenvalue weighted by atomic mass is 32.2. The minimum atomic E-state index is -3.73. The molecule has 9 heteroatoms. The number of furan rings is 1. The summed E-state index contributed by atoms with van der Waals surface area (Å²) in [6.45, 7) is 7.52. The van der Waals surface area contributed by atoms with E-state index in [0.29, 0.717) is 34.8 Å². The predicted octanol–water partition coefficient (Wildman–Crippen LogP) is 2.34. The van der Waals surface area contributed by atoms with Crippen LogP contribution in [0.1, 0.15) is 39.8 Å². The molecule has 2 aliphatic heterocycles. The van der Waals surface area contributed by atoms with Gasteiger partial charge in [0.1, 0.15) is 17.6 Å². The van der Waals surface area contributed by atoms with Gasteiger partial charge in [0.05, 0.1) is 10.5 Å². The Morgan fingerprint density at radius 1 is 1.32 bits per heavy atom. The van der Waals surface area contributed by atoms with Crippen molar-refractivity contribution in [1.29, 1.82) is 0 Å². The molecular weight excluding hydrogens is 418 g/mol. The lowest BCUT2D eigenvalue weighted by Crippen LogP contribution is -2.55. The Morgan fingerprint density at radius 2 is 2.06 bits per heavy atom. The van der Waals surface area contributed by atoms with Gasteiger partial charge in [0.15, 0.2) is 0 Å². The molecule has 1 aromatic heterocycles. The average Bonchev–Trinajstić information content (AvgIpc) is 3.08. The van der Waals surface area contributed by atoms with Gasteiger partial charge in [-0.3, -0.25) is 14.5 Å². The van der Waals surface area contributed by atoms with Crippen molar-refractivity contribution in [2.75, 3.05) is 25.0 Å². The topological polar surface area (TPSA) is 99.9 Å². The van der Waals surface area contributed by atoms with Gasteiger partial charge in [0, 0.05) is 37.3 Å². The molecule has 8 nitrogen and oxygen atoms in total. The number of likely N-dealkylation sites (N-methyl/N-ethyl adjacent to an activating group) is 1. The van der Waals surface area contributed by atoms with Crippen LogP contribution >= 0.6 is 0 Å². The summed E-state index contributed by atoms with van der Waals surface area (Å²) in [6.07, 6.45) is 1.86. The van der Waals surface area contributed by atoms with E-state index >= 15 is 0 Å². The second-order valence-electron chi connectivity index (χ2n) is 7.86. The molecule has 2 aromatic rings. The molecule has 0 fully saturated rings. The number of carbonyl (C=O) groups is 2. The second kappa shape index (κ2) is 7.65. The predicted molar refractivity (Wildman–Crippen MR) is 116 cm³/mol. The number of aryl methyl sites for hydroxylation is 2. The smallest absolute Gasteiger partial charge is 0.262 e. The molecule has 0 spiro atoms. The van der Waals surface area contributed by atoms with E-state index in [2.05, 4.69) is 11.9 Å². The summed E-state index contributed by atoms with van der Waals surface area (Å²) < 4.78 is 33.3. The lowest BCUT2D eigenvalue weighted by Gasteiger charge is -2.44. The maximum atomic E-state index is 13.6. The third-order valence-corrected chi connectivity index (χ3v) is 7.83. The summed E-state index contributed by atoms with van der Waals surface area (Å²) in [7, 11) is -2.21. The molecule has 1 aromatic carbocycles. The van der Waals surface area contributed by atoms with Gasteiger partial charge in [-0.05, 0) is 38.5 Å². The zero-order valence-corrected chi connectivity index (χ0v) is 18.5. The number of hydrogen-bond donors (Lipinski definition) is 1. The van der Waals surface area contributed by atoms with Crippen molar-refractivity contribution in [2.45, 2.75) is 37.1 Å². The first-order valence-electron chi connectivity index (χ1n) is 10.1. The molecule has 31 heavy (non-hydrogen) atoms. The van der Waals surface area contributed by atoms with Gasteiger partial charge < -0.3 is 9.73 Å². The van der Waals surface area contributed by atoms with E-state index in [0.717, 1.165) is 0 Å². The van der Waals surface area contributed by atoms with Crippen molar-refractivity contribution < 1.29 is 22.4 Å². The number of rotatable bonds is 4. The summed E-state index contributed by atoms with van der Waals surface area (Å²) in [5, 5.41) is 2.65. The summed E-state index contributed by atoms with van der Waals surface area (Å²) in [5.74, 6) is 0.139. The molecule has 0 bridgehead atoms. The molecule has 0 saturated carbocycles. The van der Waals surface area contributed by atoms with Crippen LogP contribution in [-0.2, 0) is 14.8 Å². The maximum Gasteiger partial charge on any atom is 0.262 e. The monoisotopic (exact) mass is 443 g/mol. The highest BCUT2D eigenvalue weighted by Crippen LogP contribution is 2.46. The third kappa shape index (κ3) is 3.28. The number of nitrogens with zero attached hydrogens (tertiary/aromatic N) is 2. The van der Waals surface area contributed by atoms with Crippen LogP contribution in [0.4, 0.5) is 5.69 Å². The van der Waals surface area contributed by atoms with Gasteiger partial charge >= 0.3 is 0 Å². The number of nitrogens with one attached hydrogen (secondary N) is 1. The number of hydrogen-bond acceptors (Lipinski definition) is 5. The molecule has 0 radical (unpaired) electrons. The highest BCUT2D eigenvalue weighted by Gasteiger charge is 2.47. The molecule has 2 atom stereocenters. The number of anilines is 1. The minimum Gasteiger partial charge on any atom is -0.466 e. The van der Waals surface area contributed by atoms with Gasteiger partial charge in [-0.25, -0.2) is 8.42 Å². The SMILES string of the molecule is C=CCN1C[C@@H]2C[C@@H](C(=O)NC)N(C(=O)c3cc(C)oc3C)c3cccc(c32)S1(=O)=O. The van der Waals surface area contributed by atoms with Crippen LogP contribution in [0.15, 0.2) is 46.2 Å².